The summed E-state index contributed by atoms with van der Waals surface area (Å²) < 4.78 is 0. The minimum Gasteiger partial charge on any atom is -0.410 e. The summed E-state index contributed by atoms with van der Waals surface area (Å²) in [5, 5.41) is 26.2. The summed E-state index contributed by atoms with van der Waals surface area (Å²) in [5.41, 5.74) is -1.34. The van der Waals surface area contributed by atoms with E-state index in [9.17, 15) is 9.59 Å². The highest BCUT2D eigenvalue weighted by Crippen LogP contribution is 1.86. The van der Waals surface area contributed by atoms with Crippen molar-refractivity contribution in [1.29, 1.82) is 0 Å². The number of carbonyl (C=O) groups excluding carboxylic acids is 2. The van der Waals surface area contributed by atoms with Crippen molar-refractivity contribution in [2.24, 2.45) is 10.3 Å². The second-order valence-electron chi connectivity index (χ2n) is 2.06. The Balaban J connectivity index is 5.03. The minimum atomic E-state index is -0.844. The van der Waals surface area contributed by atoms with Crippen molar-refractivity contribution in [3.05, 3.63) is 0 Å². The average molecular weight is 202 g/mol. The topological polar surface area (TPSA) is 123 Å². The Hall–Kier alpha value is -2.12. The zero-order chi connectivity index (χ0) is 11.1. The van der Waals surface area contributed by atoms with E-state index in [2.05, 4.69) is 20.9 Å². The fourth-order valence-electron chi connectivity index (χ4n) is 0.637. The Morgan fingerprint density at radius 2 is 1.21 bits per heavy atom. The summed E-state index contributed by atoms with van der Waals surface area (Å²) in [6, 6.07) is 0. The van der Waals surface area contributed by atoms with Gasteiger partial charge in [0.25, 0.3) is 11.8 Å². The van der Waals surface area contributed by atoms with Crippen LogP contribution in [0.2, 0.25) is 0 Å². The van der Waals surface area contributed by atoms with Crippen LogP contribution >= 0.6 is 0 Å². The Kier molecular flexibility index (Phi) is 4.68. The zero-order valence-electron chi connectivity index (χ0n) is 7.61. The standard InChI is InChI=1S/C6H10N4O4/c1-7-5(11)3(9-13)4(10-14)6(12)8-2/h13-14H,1-2H3,(H,7,11)(H,8,12). The molecule has 8 heteroatoms. The molecular weight excluding hydrogens is 192 g/mol. The summed E-state index contributed by atoms with van der Waals surface area (Å²) in [4.78, 5) is 22.0. The molecule has 0 aromatic heterocycles. The lowest BCUT2D eigenvalue weighted by molar-refractivity contribution is -0.116. The van der Waals surface area contributed by atoms with E-state index >= 15 is 0 Å². The lowest BCUT2D eigenvalue weighted by Crippen LogP contribution is -2.41. The predicted molar refractivity (Wildman–Crippen MR) is 46.6 cm³/mol. The van der Waals surface area contributed by atoms with E-state index < -0.39 is 23.2 Å². The number of oxime groups is 2. The molecule has 0 heterocycles. The quantitative estimate of drug-likeness (QED) is 0.243. The molecule has 0 aliphatic rings. The number of amides is 2. The van der Waals surface area contributed by atoms with Crippen molar-refractivity contribution in [3.63, 3.8) is 0 Å². The van der Waals surface area contributed by atoms with Crippen LogP contribution in [0.5, 0.6) is 0 Å². The van der Waals surface area contributed by atoms with Crippen LogP contribution < -0.4 is 10.6 Å². The second kappa shape index (κ2) is 5.51. The lowest BCUT2D eigenvalue weighted by atomic mass is 10.2. The van der Waals surface area contributed by atoms with Gasteiger partial charge in [0.1, 0.15) is 0 Å². The molecule has 0 aliphatic carbocycles. The number of nitrogens with zero attached hydrogens (tertiary/aromatic N) is 2. The van der Waals surface area contributed by atoms with E-state index in [0.717, 1.165) is 0 Å². The molecule has 0 fully saturated rings. The van der Waals surface area contributed by atoms with E-state index in [1.165, 1.54) is 14.1 Å². The monoisotopic (exact) mass is 202 g/mol. The zero-order valence-corrected chi connectivity index (χ0v) is 7.61. The molecule has 0 rings (SSSR count). The van der Waals surface area contributed by atoms with Crippen LogP contribution in [0, 0.1) is 0 Å². The summed E-state index contributed by atoms with van der Waals surface area (Å²) >= 11 is 0. The first-order valence-corrected chi connectivity index (χ1v) is 3.51. The highest BCUT2D eigenvalue weighted by Gasteiger charge is 2.24. The summed E-state index contributed by atoms with van der Waals surface area (Å²) in [5.74, 6) is -1.69. The second-order valence-corrected chi connectivity index (χ2v) is 2.06. The van der Waals surface area contributed by atoms with Crippen LogP contribution in [0.1, 0.15) is 0 Å². The van der Waals surface area contributed by atoms with Crippen molar-refractivity contribution in [3.8, 4) is 0 Å². The minimum absolute atomic E-state index is 0.672. The fraction of sp³-hybridized carbons (Fsp3) is 0.333. The maximum Gasteiger partial charge on any atom is 0.275 e. The molecule has 0 aromatic rings. The van der Waals surface area contributed by atoms with Crippen molar-refractivity contribution < 1.29 is 20.0 Å². The molecule has 0 radical (unpaired) electrons. The first-order valence-electron chi connectivity index (χ1n) is 3.51. The van der Waals surface area contributed by atoms with E-state index in [4.69, 9.17) is 10.4 Å². The molecule has 0 unspecified atom stereocenters. The number of hydrogen-bond acceptors (Lipinski definition) is 6. The molecular formula is C6H10N4O4. The van der Waals surface area contributed by atoms with E-state index in [1.54, 1.807) is 0 Å². The Morgan fingerprint density at radius 1 is 0.929 bits per heavy atom. The summed E-state index contributed by atoms with van der Waals surface area (Å²) in [6.07, 6.45) is 0. The summed E-state index contributed by atoms with van der Waals surface area (Å²) in [7, 11) is 2.54. The molecule has 0 aliphatic heterocycles. The van der Waals surface area contributed by atoms with Gasteiger partial charge in [-0.3, -0.25) is 9.59 Å². The third kappa shape index (κ3) is 2.44. The van der Waals surface area contributed by atoms with Crippen molar-refractivity contribution in [2.45, 2.75) is 0 Å². The highest BCUT2D eigenvalue weighted by molar-refractivity contribution is 6.80. The Labute approximate surface area is 79.3 Å². The summed E-state index contributed by atoms with van der Waals surface area (Å²) in [6.45, 7) is 0. The maximum atomic E-state index is 11.0. The van der Waals surface area contributed by atoms with Crippen LogP contribution in [-0.4, -0.2) is 47.7 Å². The van der Waals surface area contributed by atoms with Gasteiger partial charge in [0.05, 0.1) is 0 Å². The first-order chi connectivity index (χ1) is 6.62. The normalized spacial score (nSPS) is 12.1. The smallest absolute Gasteiger partial charge is 0.275 e. The third-order valence-electron chi connectivity index (χ3n) is 1.31. The van der Waals surface area contributed by atoms with Gasteiger partial charge in [0, 0.05) is 14.1 Å². The van der Waals surface area contributed by atoms with Crippen molar-refractivity contribution >= 4 is 23.2 Å². The molecule has 0 saturated heterocycles. The SMILES string of the molecule is CNC(=O)C(=NO)C(=NO)C(=O)NC. The third-order valence-corrected chi connectivity index (χ3v) is 1.31. The van der Waals surface area contributed by atoms with Crippen LogP contribution in [0.15, 0.2) is 10.3 Å². The molecule has 0 saturated carbocycles. The molecule has 8 nitrogen and oxygen atoms in total. The molecule has 0 bridgehead atoms. The molecule has 14 heavy (non-hydrogen) atoms. The van der Waals surface area contributed by atoms with E-state index in [0.29, 0.717) is 0 Å². The predicted octanol–water partition coefficient (Wildman–Crippen LogP) is -1.86. The van der Waals surface area contributed by atoms with E-state index in [-0.39, 0.29) is 0 Å². The van der Waals surface area contributed by atoms with E-state index in [1.807, 2.05) is 0 Å². The maximum absolute atomic E-state index is 11.0. The van der Waals surface area contributed by atoms with Crippen LogP contribution in [0.4, 0.5) is 0 Å². The number of nitrogens with one attached hydrogen (secondary N) is 2. The van der Waals surface area contributed by atoms with Crippen LogP contribution in [0.3, 0.4) is 0 Å². The van der Waals surface area contributed by atoms with Gasteiger partial charge in [0.2, 0.25) is 11.4 Å². The fourth-order valence-corrected chi connectivity index (χ4v) is 0.637. The largest absolute Gasteiger partial charge is 0.410 e. The van der Waals surface area contributed by atoms with Crippen LogP contribution in [0.25, 0.3) is 0 Å². The van der Waals surface area contributed by atoms with Gasteiger partial charge in [-0.1, -0.05) is 10.3 Å². The molecule has 4 N–H and O–H groups in total. The first kappa shape index (κ1) is 11.9. The molecule has 2 amide bonds. The van der Waals surface area contributed by atoms with Gasteiger partial charge < -0.3 is 21.0 Å². The Morgan fingerprint density at radius 3 is 1.36 bits per heavy atom. The van der Waals surface area contributed by atoms with Crippen molar-refractivity contribution in [2.75, 3.05) is 14.1 Å². The number of hydrogen-bond donors (Lipinski definition) is 4. The highest BCUT2D eigenvalue weighted by atomic mass is 16.4. The van der Waals surface area contributed by atoms with Gasteiger partial charge in [-0.25, -0.2) is 0 Å². The molecule has 78 valence electrons. The lowest BCUT2D eigenvalue weighted by Gasteiger charge is -2.03. The van der Waals surface area contributed by atoms with Gasteiger partial charge in [-0.15, -0.1) is 0 Å². The number of carbonyl (C=O) groups is 2. The van der Waals surface area contributed by atoms with Crippen molar-refractivity contribution in [1.82, 2.24) is 10.6 Å². The molecule has 0 aromatic carbocycles. The number of rotatable bonds is 3. The van der Waals surface area contributed by atoms with Gasteiger partial charge in [-0.05, 0) is 0 Å². The van der Waals surface area contributed by atoms with Gasteiger partial charge in [0.15, 0.2) is 0 Å². The molecule has 0 spiro atoms. The molecule has 0 atom stereocenters. The van der Waals surface area contributed by atoms with Gasteiger partial charge >= 0.3 is 0 Å². The van der Waals surface area contributed by atoms with Crippen LogP contribution in [-0.2, 0) is 9.59 Å². The van der Waals surface area contributed by atoms with Gasteiger partial charge in [-0.2, -0.15) is 0 Å². The Bertz CT molecular complexity index is 266. The average Bonchev–Trinajstić information content (AvgIpc) is 2.23.